The summed E-state index contributed by atoms with van der Waals surface area (Å²) in [5.41, 5.74) is 11.4. The Labute approximate surface area is 150 Å². The number of benzene rings is 1. The summed E-state index contributed by atoms with van der Waals surface area (Å²) in [7, 11) is 0. The predicted molar refractivity (Wildman–Crippen MR) is 102 cm³/mol. The van der Waals surface area contributed by atoms with E-state index in [0.717, 1.165) is 35.6 Å². The molecule has 2 heterocycles. The van der Waals surface area contributed by atoms with E-state index in [2.05, 4.69) is 56.5 Å². The summed E-state index contributed by atoms with van der Waals surface area (Å²) in [6, 6.07) is 10.5. The third-order valence-corrected chi connectivity index (χ3v) is 5.52. The van der Waals surface area contributed by atoms with Crippen molar-refractivity contribution in [3.05, 3.63) is 52.8 Å². The fourth-order valence-corrected chi connectivity index (χ4v) is 3.86. The van der Waals surface area contributed by atoms with Gasteiger partial charge in [-0.2, -0.15) is 0 Å². The molecule has 1 saturated heterocycles. The summed E-state index contributed by atoms with van der Waals surface area (Å²) in [4.78, 5) is 15.1. The molecule has 0 bridgehead atoms. The zero-order chi connectivity index (χ0) is 18.4. The molecule has 0 aliphatic carbocycles. The van der Waals surface area contributed by atoms with Crippen LogP contribution in [-0.4, -0.2) is 34.5 Å². The van der Waals surface area contributed by atoms with Gasteiger partial charge >= 0.3 is 0 Å². The number of likely N-dealkylation sites (tertiary alicyclic amines) is 1. The molecule has 4 heteroatoms. The highest BCUT2D eigenvalue weighted by Crippen LogP contribution is 2.30. The van der Waals surface area contributed by atoms with Gasteiger partial charge in [-0.1, -0.05) is 26.0 Å². The van der Waals surface area contributed by atoms with Crippen LogP contribution in [0.2, 0.25) is 0 Å². The number of hydrogen-bond donors (Lipinski definition) is 1. The number of rotatable bonds is 2. The lowest BCUT2D eigenvalue weighted by atomic mass is 9.79. The van der Waals surface area contributed by atoms with E-state index in [1.807, 2.05) is 17.9 Å². The van der Waals surface area contributed by atoms with Gasteiger partial charge in [0.1, 0.15) is 0 Å². The summed E-state index contributed by atoms with van der Waals surface area (Å²) >= 11 is 0. The Morgan fingerprint density at radius 2 is 1.92 bits per heavy atom. The summed E-state index contributed by atoms with van der Waals surface area (Å²) in [6.07, 6.45) is 0.857. The SMILES string of the molecule is Cc1cccc(-n2c(C)cc(C(=O)N3CCC(N)C(C)(C)C3)c2C)c1. The van der Waals surface area contributed by atoms with E-state index >= 15 is 0 Å². The standard InChI is InChI=1S/C21H29N3O/c1-14-7-6-8-17(11-14)24-15(2)12-18(16(24)3)20(25)23-10-9-19(22)21(4,5)13-23/h6-8,11-12,19H,9-10,13,22H2,1-5H3. The van der Waals surface area contributed by atoms with Gasteiger partial charge in [-0.25, -0.2) is 0 Å². The third kappa shape index (κ3) is 3.23. The van der Waals surface area contributed by atoms with Gasteiger partial charge in [0, 0.05) is 36.2 Å². The topological polar surface area (TPSA) is 51.3 Å². The molecule has 134 valence electrons. The maximum Gasteiger partial charge on any atom is 0.255 e. The lowest BCUT2D eigenvalue weighted by Crippen LogP contribution is -2.54. The van der Waals surface area contributed by atoms with Crippen molar-refractivity contribution in [1.82, 2.24) is 9.47 Å². The van der Waals surface area contributed by atoms with Crippen molar-refractivity contribution in [3.8, 4) is 5.69 Å². The average molecular weight is 339 g/mol. The summed E-state index contributed by atoms with van der Waals surface area (Å²) in [5.74, 6) is 0.118. The molecule has 1 aromatic heterocycles. The molecular weight excluding hydrogens is 310 g/mol. The van der Waals surface area contributed by atoms with Gasteiger partial charge in [0.05, 0.1) is 5.56 Å². The number of nitrogens with two attached hydrogens (primary N) is 1. The molecular formula is C21H29N3O. The summed E-state index contributed by atoms with van der Waals surface area (Å²) in [6.45, 7) is 11.9. The molecule has 1 unspecified atom stereocenters. The number of carbonyl (C=O) groups is 1. The number of amides is 1. The monoisotopic (exact) mass is 339 g/mol. The zero-order valence-corrected chi connectivity index (χ0v) is 16.0. The molecule has 2 aromatic rings. The van der Waals surface area contributed by atoms with E-state index in [9.17, 15) is 4.79 Å². The van der Waals surface area contributed by atoms with Crippen molar-refractivity contribution in [2.45, 2.75) is 47.1 Å². The van der Waals surface area contributed by atoms with E-state index < -0.39 is 0 Å². The van der Waals surface area contributed by atoms with Crippen LogP contribution in [0.5, 0.6) is 0 Å². The number of hydrogen-bond acceptors (Lipinski definition) is 2. The lowest BCUT2D eigenvalue weighted by Gasteiger charge is -2.42. The summed E-state index contributed by atoms with van der Waals surface area (Å²) in [5, 5.41) is 0. The third-order valence-electron chi connectivity index (χ3n) is 5.52. The second kappa shape index (κ2) is 6.34. The Kier molecular flexibility index (Phi) is 4.50. The van der Waals surface area contributed by atoms with Crippen LogP contribution in [0.4, 0.5) is 0 Å². The molecule has 3 rings (SSSR count). The van der Waals surface area contributed by atoms with Gasteiger partial charge in [-0.15, -0.1) is 0 Å². The molecule has 25 heavy (non-hydrogen) atoms. The zero-order valence-electron chi connectivity index (χ0n) is 16.0. The Hall–Kier alpha value is -2.07. The maximum atomic E-state index is 13.2. The van der Waals surface area contributed by atoms with Gasteiger partial charge < -0.3 is 15.2 Å². The normalized spacial score (nSPS) is 19.9. The van der Waals surface area contributed by atoms with Crippen LogP contribution in [0.25, 0.3) is 5.69 Å². The Bertz CT molecular complexity index is 803. The van der Waals surface area contributed by atoms with Crippen molar-refractivity contribution >= 4 is 5.91 Å². The van der Waals surface area contributed by atoms with Crippen molar-refractivity contribution in [2.24, 2.45) is 11.1 Å². The second-order valence-electron chi connectivity index (χ2n) is 8.07. The smallest absolute Gasteiger partial charge is 0.255 e. The molecule has 1 amide bonds. The first kappa shape index (κ1) is 17.7. The van der Waals surface area contributed by atoms with Crippen molar-refractivity contribution < 1.29 is 4.79 Å². The quantitative estimate of drug-likeness (QED) is 0.909. The predicted octanol–water partition coefficient (Wildman–Crippen LogP) is 3.60. The van der Waals surface area contributed by atoms with Crippen LogP contribution in [0.3, 0.4) is 0 Å². The Morgan fingerprint density at radius 1 is 1.20 bits per heavy atom. The number of aromatic nitrogens is 1. The van der Waals surface area contributed by atoms with Crippen LogP contribution >= 0.6 is 0 Å². The second-order valence-corrected chi connectivity index (χ2v) is 8.07. The van der Waals surface area contributed by atoms with E-state index in [4.69, 9.17) is 5.73 Å². The van der Waals surface area contributed by atoms with Crippen LogP contribution in [-0.2, 0) is 0 Å². The van der Waals surface area contributed by atoms with E-state index in [0.29, 0.717) is 6.54 Å². The summed E-state index contributed by atoms with van der Waals surface area (Å²) < 4.78 is 2.17. The molecule has 0 radical (unpaired) electrons. The van der Waals surface area contributed by atoms with Gasteiger partial charge in [0.15, 0.2) is 0 Å². The molecule has 0 saturated carbocycles. The van der Waals surface area contributed by atoms with E-state index in [-0.39, 0.29) is 17.4 Å². The number of aryl methyl sites for hydroxylation is 2. The first-order valence-corrected chi connectivity index (χ1v) is 9.01. The molecule has 1 aromatic carbocycles. The van der Waals surface area contributed by atoms with Crippen molar-refractivity contribution in [1.29, 1.82) is 0 Å². The van der Waals surface area contributed by atoms with E-state index in [1.54, 1.807) is 0 Å². The highest BCUT2D eigenvalue weighted by molar-refractivity contribution is 5.96. The maximum absolute atomic E-state index is 13.2. The van der Waals surface area contributed by atoms with Crippen molar-refractivity contribution in [3.63, 3.8) is 0 Å². The van der Waals surface area contributed by atoms with Gasteiger partial charge in [0.2, 0.25) is 0 Å². The van der Waals surface area contributed by atoms with Gasteiger partial charge in [0.25, 0.3) is 5.91 Å². The lowest BCUT2D eigenvalue weighted by molar-refractivity contribution is 0.0532. The first-order chi connectivity index (χ1) is 11.7. The van der Waals surface area contributed by atoms with Gasteiger partial charge in [-0.05, 0) is 56.4 Å². The van der Waals surface area contributed by atoms with Crippen LogP contribution in [0, 0.1) is 26.2 Å². The van der Waals surface area contributed by atoms with Crippen LogP contribution in [0.1, 0.15) is 47.6 Å². The van der Waals surface area contributed by atoms with Gasteiger partial charge in [-0.3, -0.25) is 4.79 Å². The molecule has 0 spiro atoms. The molecule has 4 nitrogen and oxygen atoms in total. The minimum atomic E-state index is -0.0457. The minimum Gasteiger partial charge on any atom is -0.338 e. The largest absolute Gasteiger partial charge is 0.338 e. The number of piperidine rings is 1. The molecule has 1 fully saturated rings. The molecule has 2 N–H and O–H groups in total. The Balaban J connectivity index is 1.94. The number of nitrogens with zero attached hydrogens (tertiary/aromatic N) is 2. The fraction of sp³-hybridized carbons (Fsp3) is 0.476. The minimum absolute atomic E-state index is 0.0457. The molecule has 1 aliphatic rings. The first-order valence-electron chi connectivity index (χ1n) is 9.01. The van der Waals surface area contributed by atoms with Crippen LogP contribution < -0.4 is 5.73 Å². The molecule has 1 aliphatic heterocycles. The van der Waals surface area contributed by atoms with E-state index in [1.165, 1.54) is 5.56 Å². The highest BCUT2D eigenvalue weighted by Gasteiger charge is 2.36. The fourth-order valence-electron chi connectivity index (χ4n) is 3.86. The number of carbonyl (C=O) groups excluding carboxylic acids is 1. The van der Waals surface area contributed by atoms with Crippen LogP contribution in [0.15, 0.2) is 30.3 Å². The average Bonchev–Trinajstić information content (AvgIpc) is 2.84. The Morgan fingerprint density at radius 3 is 2.56 bits per heavy atom. The molecule has 1 atom stereocenters. The van der Waals surface area contributed by atoms with Crippen molar-refractivity contribution in [2.75, 3.05) is 13.1 Å². The highest BCUT2D eigenvalue weighted by atomic mass is 16.2.